The number of nitrogens with zero attached hydrogens (tertiary/aromatic N) is 3. The number of rotatable bonds is 3. The Bertz CT molecular complexity index is 1000. The molecule has 7 nitrogen and oxygen atoms in total. The number of benzene rings is 2. The maximum atomic E-state index is 13.1. The Morgan fingerprint density at radius 2 is 1.77 bits per heavy atom. The molecule has 2 heterocycles. The fraction of sp³-hybridized carbons (Fsp3) is 0.348. The second-order valence-electron chi connectivity index (χ2n) is 8.18. The van der Waals surface area contributed by atoms with Crippen molar-refractivity contribution in [2.75, 3.05) is 31.6 Å². The maximum Gasteiger partial charge on any atom is 0.325 e. The average Bonchev–Trinajstić information content (AvgIpc) is 2.86. The number of likely N-dealkylation sites (N-methyl/N-ethyl adjacent to an activating group) is 1. The van der Waals surface area contributed by atoms with Gasteiger partial charge in [0.1, 0.15) is 12.1 Å². The van der Waals surface area contributed by atoms with Crippen molar-refractivity contribution in [2.24, 2.45) is 0 Å². The van der Waals surface area contributed by atoms with Crippen molar-refractivity contribution in [1.82, 2.24) is 15.1 Å². The van der Waals surface area contributed by atoms with Crippen molar-refractivity contribution < 1.29 is 14.4 Å². The van der Waals surface area contributed by atoms with Crippen LogP contribution in [-0.2, 0) is 21.7 Å². The molecule has 1 N–H and O–H groups in total. The molecule has 1 atom stereocenters. The minimum atomic E-state index is -1.17. The van der Waals surface area contributed by atoms with Gasteiger partial charge in [-0.15, -0.1) is 0 Å². The predicted octanol–water partition coefficient (Wildman–Crippen LogP) is 2.24. The van der Waals surface area contributed by atoms with E-state index in [9.17, 15) is 14.4 Å². The number of para-hydroxylation sites is 1. The van der Waals surface area contributed by atoms with Crippen LogP contribution < -0.4 is 10.2 Å². The van der Waals surface area contributed by atoms with Gasteiger partial charge in [0.25, 0.3) is 5.91 Å². The molecule has 0 bridgehead atoms. The van der Waals surface area contributed by atoms with E-state index in [4.69, 9.17) is 0 Å². The van der Waals surface area contributed by atoms with Crippen LogP contribution in [0, 0.1) is 6.92 Å². The highest BCUT2D eigenvalue weighted by Crippen LogP contribution is 2.29. The number of urea groups is 1. The van der Waals surface area contributed by atoms with Crippen LogP contribution >= 0.6 is 0 Å². The first kappa shape index (κ1) is 19.9. The van der Waals surface area contributed by atoms with Gasteiger partial charge in [0, 0.05) is 32.4 Å². The molecular weight excluding hydrogens is 380 g/mol. The van der Waals surface area contributed by atoms with Crippen LogP contribution in [0.3, 0.4) is 0 Å². The summed E-state index contributed by atoms with van der Waals surface area (Å²) in [4.78, 5) is 43.6. The van der Waals surface area contributed by atoms with E-state index in [1.165, 1.54) is 0 Å². The summed E-state index contributed by atoms with van der Waals surface area (Å²) in [5.41, 5.74) is 2.74. The van der Waals surface area contributed by atoms with Crippen LogP contribution in [0.1, 0.15) is 23.6 Å². The summed E-state index contributed by atoms with van der Waals surface area (Å²) in [6, 6.07) is 14.9. The normalized spacial score (nSPS) is 21.4. The lowest BCUT2D eigenvalue weighted by atomic mass is 9.91. The third-order valence-electron chi connectivity index (χ3n) is 6.02. The zero-order chi connectivity index (χ0) is 21.5. The molecule has 0 radical (unpaired) electrons. The van der Waals surface area contributed by atoms with Gasteiger partial charge in [0.05, 0.1) is 0 Å². The van der Waals surface area contributed by atoms with E-state index in [0.717, 1.165) is 21.7 Å². The van der Waals surface area contributed by atoms with E-state index in [0.29, 0.717) is 25.2 Å². The first-order valence-electron chi connectivity index (χ1n) is 10.1. The van der Waals surface area contributed by atoms with Gasteiger partial charge in [0.2, 0.25) is 5.91 Å². The van der Waals surface area contributed by atoms with Crippen LogP contribution in [0.15, 0.2) is 48.5 Å². The second kappa shape index (κ2) is 7.48. The summed E-state index contributed by atoms with van der Waals surface area (Å²) in [7, 11) is 2.00. The van der Waals surface area contributed by atoms with Crippen LogP contribution in [0.4, 0.5) is 10.5 Å². The molecule has 1 unspecified atom stereocenters. The molecule has 1 saturated heterocycles. The standard InChI is InChI=1S/C23H26N4O3/c1-16-8-10-18(11-9-16)23(2)21(29)27(22(30)24-23)15-20(28)26-13-12-25(3)19-7-5-4-6-17(19)14-26/h4-11H,12-15H2,1-3H3,(H,24,30). The summed E-state index contributed by atoms with van der Waals surface area (Å²) in [5, 5.41) is 2.77. The molecule has 2 aromatic rings. The van der Waals surface area contributed by atoms with Crippen LogP contribution in [0.5, 0.6) is 0 Å². The first-order valence-corrected chi connectivity index (χ1v) is 10.1. The highest BCUT2D eigenvalue weighted by Gasteiger charge is 2.49. The van der Waals surface area contributed by atoms with Gasteiger partial charge in [0.15, 0.2) is 0 Å². The molecule has 1 fully saturated rings. The van der Waals surface area contributed by atoms with Gasteiger partial charge in [-0.3, -0.25) is 14.5 Å². The monoisotopic (exact) mass is 406 g/mol. The van der Waals surface area contributed by atoms with Gasteiger partial charge < -0.3 is 15.1 Å². The summed E-state index contributed by atoms with van der Waals surface area (Å²) in [5.74, 6) is -0.645. The summed E-state index contributed by atoms with van der Waals surface area (Å²) in [6.07, 6.45) is 0. The molecule has 0 aromatic heterocycles. The average molecular weight is 406 g/mol. The van der Waals surface area contributed by atoms with Crippen LogP contribution in [0.25, 0.3) is 0 Å². The SMILES string of the molecule is Cc1ccc(C2(C)NC(=O)N(CC(=O)N3CCN(C)c4ccccc4C3)C2=O)cc1. The second-order valence-corrected chi connectivity index (χ2v) is 8.18. The molecule has 30 heavy (non-hydrogen) atoms. The lowest BCUT2D eigenvalue weighted by molar-refractivity contribution is -0.139. The molecule has 0 saturated carbocycles. The highest BCUT2D eigenvalue weighted by atomic mass is 16.2. The number of hydrogen-bond acceptors (Lipinski definition) is 4. The Labute approximate surface area is 176 Å². The summed E-state index contributed by atoms with van der Waals surface area (Å²) in [6.45, 7) is 5.05. The molecular formula is C23H26N4O3. The van der Waals surface area contributed by atoms with E-state index in [1.807, 2.05) is 62.5 Å². The Morgan fingerprint density at radius 1 is 1.07 bits per heavy atom. The van der Waals surface area contributed by atoms with Gasteiger partial charge >= 0.3 is 6.03 Å². The topological polar surface area (TPSA) is 73.0 Å². The van der Waals surface area contributed by atoms with E-state index < -0.39 is 17.5 Å². The van der Waals surface area contributed by atoms with Gasteiger partial charge in [-0.05, 0) is 31.0 Å². The Balaban J connectivity index is 1.51. The lowest BCUT2D eigenvalue weighted by Crippen LogP contribution is -2.45. The molecule has 0 aliphatic carbocycles. The Morgan fingerprint density at radius 3 is 2.50 bits per heavy atom. The highest BCUT2D eigenvalue weighted by molar-refractivity contribution is 6.09. The molecule has 4 rings (SSSR count). The fourth-order valence-electron chi connectivity index (χ4n) is 4.06. The number of aryl methyl sites for hydroxylation is 1. The minimum Gasteiger partial charge on any atom is -0.373 e. The lowest BCUT2D eigenvalue weighted by Gasteiger charge is -2.24. The molecule has 7 heteroatoms. The number of hydrogen-bond donors (Lipinski definition) is 1. The number of carbonyl (C=O) groups is 3. The number of carbonyl (C=O) groups excluding carboxylic acids is 3. The van der Waals surface area contributed by atoms with Crippen molar-refractivity contribution in [1.29, 1.82) is 0 Å². The Hall–Kier alpha value is -3.35. The van der Waals surface area contributed by atoms with Gasteiger partial charge in [-0.2, -0.15) is 0 Å². The Kier molecular flexibility index (Phi) is 4.97. The van der Waals surface area contributed by atoms with E-state index >= 15 is 0 Å². The maximum absolute atomic E-state index is 13.1. The van der Waals surface area contributed by atoms with Crippen LogP contribution in [0.2, 0.25) is 0 Å². The molecule has 0 spiro atoms. The van der Waals surface area contributed by atoms with Crippen molar-refractivity contribution >= 4 is 23.5 Å². The van der Waals surface area contributed by atoms with E-state index in [1.54, 1.807) is 11.8 Å². The third-order valence-corrected chi connectivity index (χ3v) is 6.02. The smallest absolute Gasteiger partial charge is 0.325 e. The number of nitrogens with one attached hydrogen (secondary N) is 1. The summed E-state index contributed by atoms with van der Waals surface area (Å²) >= 11 is 0. The predicted molar refractivity (Wildman–Crippen MR) is 114 cm³/mol. The van der Waals surface area contributed by atoms with E-state index in [-0.39, 0.29) is 12.5 Å². The molecule has 2 aliphatic rings. The third kappa shape index (κ3) is 3.40. The summed E-state index contributed by atoms with van der Waals surface area (Å²) < 4.78 is 0. The zero-order valence-electron chi connectivity index (χ0n) is 17.5. The number of fused-ring (bicyclic) bond motifs is 1. The number of imide groups is 1. The molecule has 156 valence electrons. The number of amides is 4. The molecule has 4 amide bonds. The first-order chi connectivity index (χ1) is 14.3. The van der Waals surface area contributed by atoms with Crippen molar-refractivity contribution in [2.45, 2.75) is 25.9 Å². The van der Waals surface area contributed by atoms with Gasteiger partial charge in [-0.1, -0.05) is 48.0 Å². The minimum absolute atomic E-state index is 0.239. The van der Waals surface area contributed by atoms with Crippen molar-refractivity contribution in [3.63, 3.8) is 0 Å². The van der Waals surface area contributed by atoms with E-state index in [2.05, 4.69) is 10.2 Å². The number of anilines is 1. The van der Waals surface area contributed by atoms with Crippen molar-refractivity contribution in [3.05, 3.63) is 65.2 Å². The quantitative estimate of drug-likeness (QED) is 0.794. The van der Waals surface area contributed by atoms with Crippen LogP contribution in [-0.4, -0.2) is 54.3 Å². The zero-order valence-corrected chi connectivity index (χ0v) is 17.5. The fourth-order valence-corrected chi connectivity index (χ4v) is 4.06. The van der Waals surface area contributed by atoms with Crippen molar-refractivity contribution in [3.8, 4) is 0 Å². The largest absolute Gasteiger partial charge is 0.373 e. The molecule has 2 aliphatic heterocycles. The van der Waals surface area contributed by atoms with Gasteiger partial charge in [-0.25, -0.2) is 4.79 Å². The molecule has 2 aromatic carbocycles.